The molecule has 34 heavy (non-hydrogen) atoms. The van der Waals surface area contributed by atoms with Crippen LogP contribution >= 0.6 is 11.6 Å². The first-order chi connectivity index (χ1) is 15.9. The molecule has 2 aromatic heterocycles. The van der Waals surface area contributed by atoms with Gasteiger partial charge in [-0.15, -0.1) is 0 Å². The molecule has 178 valence electrons. The molecular weight excluding hydrogens is 460 g/mol. The van der Waals surface area contributed by atoms with E-state index in [1.807, 2.05) is 24.6 Å². The Morgan fingerprint density at radius 1 is 1.09 bits per heavy atom. The molecular formula is C26H26ClF2N3O2. The van der Waals surface area contributed by atoms with Crippen molar-refractivity contribution in [1.82, 2.24) is 14.5 Å². The fourth-order valence-electron chi connectivity index (χ4n) is 4.09. The summed E-state index contributed by atoms with van der Waals surface area (Å²) in [5.74, 6) is -1.75. The minimum absolute atomic E-state index is 0.0526. The van der Waals surface area contributed by atoms with Crippen LogP contribution in [0, 0.1) is 6.92 Å². The van der Waals surface area contributed by atoms with Gasteiger partial charge in [-0.25, -0.2) is 18.7 Å². The summed E-state index contributed by atoms with van der Waals surface area (Å²) < 4.78 is 34.5. The molecule has 4 rings (SSSR count). The van der Waals surface area contributed by atoms with Gasteiger partial charge in [0.05, 0.1) is 29.5 Å². The molecule has 0 spiro atoms. The number of aromatic nitrogens is 3. The van der Waals surface area contributed by atoms with Crippen LogP contribution in [0.25, 0.3) is 10.9 Å². The highest BCUT2D eigenvalue weighted by molar-refractivity contribution is 6.36. The lowest BCUT2D eigenvalue weighted by atomic mass is 9.91. The van der Waals surface area contributed by atoms with Crippen molar-refractivity contribution in [1.29, 1.82) is 0 Å². The van der Waals surface area contributed by atoms with Gasteiger partial charge in [0, 0.05) is 36.9 Å². The zero-order valence-electron chi connectivity index (χ0n) is 19.7. The second-order valence-electron chi connectivity index (χ2n) is 8.73. The Morgan fingerprint density at radius 2 is 1.74 bits per heavy atom. The molecule has 4 aromatic rings. The zero-order chi connectivity index (χ0) is 24.8. The second kappa shape index (κ2) is 8.64. The summed E-state index contributed by atoms with van der Waals surface area (Å²) in [6.07, 6.45) is 2.00. The van der Waals surface area contributed by atoms with E-state index in [-0.39, 0.29) is 5.56 Å². The summed E-state index contributed by atoms with van der Waals surface area (Å²) in [6, 6.07) is 11.5. The lowest BCUT2D eigenvalue weighted by Gasteiger charge is -2.25. The molecule has 0 aliphatic rings. The van der Waals surface area contributed by atoms with E-state index in [0.717, 1.165) is 18.3 Å². The first-order valence-corrected chi connectivity index (χ1v) is 11.2. The third kappa shape index (κ3) is 4.26. The Labute approximate surface area is 202 Å². The van der Waals surface area contributed by atoms with Gasteiger partial charge < -0.3 is 14.4 Å². The van der Waals surface area contributed by atoms with Gasteiger partial charge in [-0.1, -0.05) is 41.9 Å². The van der Waals surface area contributed by atoms with Gasteiger partial charge in [-0.2, -0.15) is 0 Å². The van der Waals surface area contributed by atoms with Gasteiger partial charge in [0.1, 0.15) is 11.4 Å². The molecule has 0 saturated heterocycles. The van der Waals surface area contributed by atoms with Gasteiger partial charge in [-0.05, 0) is 37.1 Å². The molecule has 5 nitrogen and oxygen atoms in total. The molecule has 0 saturated carbocycles. The largest absolute Gasteiger partial charge is 0.481 e. The van der Waals surface area contributed by atoms with Crippen molar-refractivity contribution >= 4 is 22.5 Å². The van der Waals surface area contributed by atoms with E-state index in [9.17, 15) is 13.9 Å². The molecule has 0 aliphatic heterocycles. The van der Waals surface area contributed by atoms with Crippen LogP contribution in [0.4, 0.5) is 8.78 Å². The van der Waals surface area contributed by atoms with Gasteiger partial charge in [0.25, 0.3) is 5.92 Å². The number of fused-ring (bicyclic) bond motifs is 1. The Kier molecular flexibility index (Phi) is 6.12. The van der Waals surface area contributed by atoms with E-state index in [4.69, 9.17) is 16.3 Å². The van der Waals surface area contributed by atoms with Gasteiger partial charge in [-0.3, -0.25) is 0 Å². The van der Waals surface area contributed by atoms with E-state index in [2.05, 4.69) is 9.97 Å². The number of methoxy groups -OCH3 is 1. The number of aliphatic hydroxyl groups is 1. The van der Waals surface area contributed by atoms with Crippen LogP contribution in [0.5, 0.6) is 5.88 Å². The summed E-state index contributed by atoms with van der Waals surface area (Å²) in [6.45, 7) is 4.45. The van der Waals surface area contributed by atoms with E-state index in [1.54, 1.807) is 37.4 Å². The molecule has 0 radical (unpaired) electrons. The summed E-state index contributed by atoms with van der Waals surface area (Å²) >= 11 is 6.84. The van der Waals surface area contributed by atoms with Crippen molar-refractivity contribution in [3.63, 3.8) is 0 Å². The number of hydrogen-bond donors (Lipinski definition) is 1. The highest BCUT2D eigenvalue weighted by Gasteiger charge is 2.30. The summed E-state index contributed by atoms with van der Waals surface area (Å²) in [7, 11) is 3.36. The lowest BCUT2D eigenvalue weighted by molar-refractivity contribution is 0.0174. The maximum atomic E-state index is 13.6. The van der Waals surface area contributed by atoms with Crippen molar-refractivity contribution in [3.8, 4) is 5.88 Å². The Morgan fingerprint density at radius 3 is 2.29 bits per heavy atom. The van der Waals surface area contributed by atoms with Crippen molar-refractivity contribution in [2.75, 3.05) is 7.11 Å². The minimum Gasteiger partial charge on any atom is -0.481 e. The van der Waals surface area contributed by atoms with E-state index >= 15 is 0 Å². The van der Waals surface area contributed by atoms with Gasteiger partial charge >= 0.3 is 0 Å². The zero-order valence-corrected chi connectivity index (χ0v) is 20.4. The van der Waals surface area contributed by atoms with Crippen LogP contribution in [0.1, 0.15) is 47.6 Å². The third-order valence-corrected chi connectivity index (χ3v) is 6.73. The lowest BCUT2D eigenvalue weighted by Crippen LogP contribution is -2.26. The average molecular weight is 486 g/mol. The minimum atomic E-state index is -2.90. The molecule has 0 fully saturated rings. The molecule has 0 amide bonds. The Balaban J connectivity index is 1.79. The number of imidazole rings is 1. The number of benzene rings is 2. The van der Waals surface area contributed by atoms with E-state index in [0.29, 0.717) is 45.0 Å². The molecule has 1 unspecified atom stereocenters. The molecule has 1 N–H and O–H groups in total. The summed E-state index contributed by atoms with van der Waals surface area (Å²) in [5, 5.41) is 12.5. The molecule has 1 atom stereocenters. The number of nitrogens with zero attached hydrogens (tertiary/aromatic N) is 3. The summed E-state index contributed by atoms with van der Waals surface area (Å²) in [5.41, 5.74) is 1.97. The highest BCUT2D eigenvalue weighted by Crippen LogP contribution is 2.38. The first kappa shape index (κ1) is 24.1. The molecule has 0 aliphatic carbocycles. The van der Waals surface area contributed by atoms with Crippen molar-refractivity contribution in [3.05, 3.63) is 87.5 Å². The van der Waals surface area contributed by atoms with Crippen LogP contribution in [-0.2, 0) is 25.0 Å². The number of alkyl halides is 2. The molecule has 2 aromatic carbocycles. The first-order valence-electron chi connectivity index (χ1n) is 10.8. The second-order valence-corrected chi connectivity index (χ2v) is 9.11. The Bertz CT molecular complexity index is 1360. The predicted molar refractivity (Wildman–Crippen MR) is 129 cm³/mol. The normalized spacial score (nSPS) is 13.8. The van der Waals surface area contributed by atoms with Crippen molar-refractivity contribution in [2.24, 2.45) is 7.05 Å². The van der Waals surface area contributed by atoms with E-state index < -0.39 is 11.5 Å². The average Bonchev–Trinajstić information content (AvgIpc) is 3.14. The number of rotatable bonds is 6. The standard InChI is InChI=1S/C26H26ClF2N3O2/c1-15-30-14-22(32(15)4)25(2,33)18-10-11-21-19(13-18)23(27)20(24(31-21)34-5)12-16-6-8-17(9-7-16)26(3,28)29/h6-11,13-14,33H,12H2,1-5H3. The third-order valence-electron chi connectivity index (χ3n) is 6.29. The highest BCUT2D eigenvalue weighted by atomic mass is 35.5. The predicted octanol–water partition coefficient (Wildman–Crippen LogP) is 5.90. The number of aryl methyl sites for hydroxylation is 1. The number of halogens is 3. The SMILES string of the molecule is COc1nc2ccc(C(C)(O)c3cnc(C)n3C)cc2c(Cl)c1Cc1ccc(C(C)(F)F)cc1. The Hall–Kier alpha value is -3.03. The van der Waals surface area contributed by atoms with Crippen LogP contribution in [-0.4, -0.2) is 26.8 Å². The molecule has 2 heterocycles. The van der Waals surface area contributed by atoms with Crippen LogP contribution in [0.2, 0.25) is 5.02 Å². The van der Waals surface area contributed by atoms with Crippen LogP contribution in [0.15, 0.2) is 48.7 Å². The fraction of sp³-hybridized carbons (Fsp3) is 0.308. The monoisotopic (exact) mass is 485 g/mol. The van der Waals surface area contributed by atoms with Crippen molar-refractivity contribution < 1.29 is 18.6 Å². The smallest absolute Gasteiger partial charge is 0.270 e. The van der Waals surface area contributed by atoms with Crippen LogP contribution < -0.4 is 4.74 Å². The van der Waals surface area contributed by atoms with Gasteiger partial charge in [0.15, 0.2) is 0 Å². The van der Waals surface area contributed by atoms with Gasteiger partial charge in [0.2, 0.25) is 5.88 Å². The van der Waals surface area contributed by atoms with E-state index in [1.165, 1.54) is 19.2 Å². The maximum absolute atomic E-state index is 13.6. The number of ether oxygens (including phenoxy) is 1. The topological polar surface area (TPSA) is 60.2 Å². The molecule has 8 heteroatoms. The molecule has 0 bridgehead atoms. The maximum Gasteiger partial charge on any atom is 0.270 e. The fourth-order valence-corrected chi connectivity index (χ4v) is 4.39. The number of hydrogen-bond acceptors (Lipinski definition) is 4. The quantitative estimate of drug-likeness (QED) is 0.369. The number of pyridine rings is 1. The van der Waals surface area contributed by atoms with Crippen molar-refractivity contribution in [2.45, 2.75) is 38.7 Å². The van der Waals surface area contributed by atoms with Crippen LogP contribution in [0.3, 0.4) is 0 Å². The summed E-state index contributed by atoms with van der Waals surface area (Å²) in [4.78, 5) is 8.89.